The highest BCUT2D eigenvalue weighted by atomic mass is 16.2. The molecule has 5 nitrogen and oxygen atoms in total. The number of amides is 2. The number of carbonyl (C=O) groups is 2. The Hall–Kier alpha value is -2.66. The summed E-state index contributed by atoms with van der Waals surface area (Å²) in [4.78, 5) is 28.0. The first-order chi connectivity index (χ1) is 13.1. The molecule has 1 fully saturated rings. The maximum atomic E-state index is 13.2. The molecule has 2 aromatic carbocycles. The normalized spacial score (nSPS) is 16.0. The number of carbonyl (C=O) groups excluding carboxylic acids is 2. The molecule has 142 valence electrons. The zero-order chi connectivity index (χ0) is 19.2. The fourth-order valence-electron chi connectivity index (χ4n) is 3.75. The van der Waals surface area contributed by atoms with E-state index in [1.165, 1.54) is 0 Å². The van der Waals surface area contributed by atoms with E-state index in [4.69, 9.17) is 0 Å². The van der Waals surface area contributed by atoms with Crippen molar-refractivity contribution in [1.82, 2.24) is 10.2 Å². The second-order valence-corrected chi connectivity index (χ2v) is 7.18. The highest BCUT2D eigenvalue weighted by Gasteiger charge is 2.34. The Morgan fingerprint density at radius 1 is 1.04 bits per heavy atom. The van der Waals surface area contributed by atoms with Crippen molar-refractivity contribution in [3.8, 4) is 0 Å². The lowest BCUT2D eigenvalue weighted by Crippen LogP contribution is -3.09. The van der Waals surface area contributed by atoms with Crippen molar-refractivity contribution < 1.29 is 14.5 Å². The average molecular weight is 366 g/mol. The number of rotatable bonds is 6. The molecule has 1 aliphatic rings. The molecule has 0 bridgehead atoms. The summed E-state index contributed by atoms with van der Waals surface area (Å²) >= 11 is 0. The standard InChI is InChI=1S/C22H27N3O2/c1-23-21(26)19-12-10-17(11-13-19)16-24(2)20(18-8-4-3-5-9-18)22(27)25-14-6-7-15-25/h3-5,8-13,20H,6-7,14-16H2,1-2H3,(H,23,26)/p+1/t20-/m0/s1. The molecule has 2 amide bonds. The third-order valence-corrected chi connectivity index (χ3v) is 5.22. The molecule has 1 heterocycles. The summed E-state index contributed by atoms with van der Waals surface area (Å²) in [7, 11) is 3.70. The minimum atomic E-state index is -0.220. The van der Waals surface area contributed by atoms with Gasteiger partial charge in [-0.1, -0.05) is 42.5 Å². The van der Waals surface area contributed by atoms with Gasteiger partial charge in [-0.2, -0.15) is 0 Å². The minimum absolute atomic E-state index is 0.0892. The predicted molar refractivity (Wildman–Crippen MR) is 105 cm³/mol. The molecule has 2 atom stereocenters. The van der Waals surface area contributed by atoms with Crippen LogP contribution in [0.5, 0.6) is 0 Å². The maximum Gasteiger partial charge on any atom is 0.285 e. The number of likely N-dealkylation sites (N-methyl/N-ethyl adjacent to an activating group) is 1. The van der Waals surface area contributed by atoms with Gasteiger partial charge >= 0.3 is 0 Å². The van der Waals surface area contributed by atoms with Crippen LogP contribution in [0.2, 0.25) is 0 Å². The summed E-state index contributed by atoms with van der Waals surface area (Å²) in [5, 5.41) is 2.63. The van der Waals surface area contributed by atoms with Gasteiger partial charge < -0.3 is 15.1 Å². The Morgan fingerprint density at radius 3 is 2.26 bits per heavy atom. The van der Waals surface area contributed by atoms with E-state index in [-0.39, 0.29) is 17.9 Å². The van der Waals surface area contributed by atoms with E-state index in [0.29, 0.717) is 12.1 Å². The van der Waals surface area contributed by atoms with E-state index in [0.717, 1.165) is 42.0 Å². The van der Waals surface area contributed by atoms with Gasteiger partial charge in [-0.05, 0) is 25.0 Å². The van der Waals surface area contributed by atoms with Crippen LogP contribution < -0.4 is 10.2 Å². The van der Waals surface area contributed by atoms with Crippen LogP contribution >= 0.6 is 0 Å². The number of nitrogens with zero attached hydrogens (tertiary/aromatic N) is 1. The van der Waals surface area contributed by atoms with Gasteiger partial charge in [0.1, 0.15) is 6.54 Å². The van der Waals surface area contributed by atoms with Crippen molar-refractivity contribution in [2.45, 2.75) is 25.4 Å². The third kappa shape index (κ3) is 4.55. The summed E-state index contributed by atoms with van der Waals surface area (Å²) < 4.78 is 0. The van der Waals surface area contributed by atoms with Gasteiger partial charge in [0.05, 0.1) is 7.05 Å². The summed E-state index contributed by atoms with van der Waals surface area (Å²) in [5.41, 5.74) is 2.80. The minimum Gasteiger partial charge on any atom is -0.355 e. The largest absolute Gasteiger partial charge is 0.355 e. The maximum absolute atomic E-state index is 13.2. The van der Waals surface area contributed by atoms with Crippen LogP contribution in [0.3, 0.4) is 0 Å². The van der Waals surface area contributed by atoms with Gasteiger partial charge in [0.15, 0.2) is 6.04 Å². The van der Waals surface area contributed by atoms with Gasteiger partial charge in [0.2, 0.25) is 0 Å². The van der Waals surface area contributed by atoms with Crippen molar-refractivity contribution in [3.63, 3.8) is 0 Å². The summed E-state index contributed by atoms with van der Waals surface area (Å²) in [5.74, 6) is 0.117. The number of nitrogens with one attached hydrogen (secondary N) is 2. The molecule has 5 heteroatoms. The van der Waals surface area contributed by atoms with Crippen LogP contribution in [0.1, 0.15) is 40.4 Å². The smallest absolute Gasteiger partial charge is 0.285 e. The molecule has 2 N–H and O–H groups in total. The number of likely N-dealkylation sites (tertiary alicyclic amines) is 1. The topological polar surface area (TPSA) is 53.9 Å². The molecule has 1 unspecified atom stereocenters. The molecular weight excluding hydrogens is 338 g/mol. The van der Waals surface area contributed by atoms with Crippen molar-refractivity contribution in [1.29, 1.82) is 0 Å². The van der Waals surface area contributed by atoms with E-state index in [9.17, 15) is 9.59 Å². The highest BCUT2D eigenvalue weighted by molar-refractivity contribution is 5.93. The Kier molecular flexibility index (Phi) is 6.24. The van der Waals surface area contributed by atoms with Crippen LogP contribution in [-0.4, -0.2) is 43.9 Å². The second kappa shape index (κ2) is 8.82. The van der Waals surface area contributed by atoms with Gasteiger partial charge in [0, 0.05) is 36.8 Å². The molecule has 3 rings (SSSR count). The Morgan fingerprint density at radius 2 is 1.67 bits per heavy atom. The molecule has 1 aliphatic heterocycles. The first-order valence-corrected chi connectivity index (χ1v) is 9.57. The van der Waals surface area contributed by atoms with E-state index in [1.54, 1.807) is 7.05 Å². The van der Waals surface area contributed by atoms with E-state index in [1.807, 2.05) is 59.5 Å². The first-order valence-electron chi connectivity index (χ1n) is 9.57. The molecule has 0 aliphatic carbocycles. The fourth-order valence-corrected chi connectivity index (χ4v) is 3.75. The zero-order valence-electron chi connectivity index (χ0n) is 16.1. The lowest BCUT2D eigenvalue weighted by Gasteiger charge is -2.28. The first kappa shape index (κ1) is 19.1. The van der Waals surface area contributed by atoms with Crippen LogP contribution in [0.4, 0.5) is 0 Å². The SMILES string of the molecule is CNC(=O)c1ccc(C[NH+](C)[C@H](C(=O)N2CCCC2)c2ccccc2)cc1. The fraction of sp³-hybridized carbons (Fsp3) is 0.364. The van der Waals surface area contributed by atoms with Crippen molar-refractivity contribution in [2.75, 3.05) is 27.2 Å². The van der Waals surface area contributed by atoms with Crippen LogP contribution in [0, 0.1) is 0 Å². The summed E-state index contributed by atoms with van der Waals surface area (Å²) in [6.45, 7) is 2.43. The van der Waals surface area contributed by atoms with E-state index < -0.39 is 0 Å². The third-order valence-electron chi connectivity index (χ3n) is 5.22. The number of hydrogen-bond acceptors (Lipinski definition) is 2. The van der Waals surface area contributed by atoms with Crippen LogP contribution in [0.25, 0.3) is 0 Å². The molecular formula is C22H28N3O2+. The molecule has 0 radical (unpaired) electrons. The number of benzene rings is 2. The second-order valence-electron chi connectivity index (χ2n) is 7.18. The zero-order valence-corrected chi connectivity index (χ0v) is 16.1. The van der Waals surface area contributed by atoms with Crippen LogP contribution in [-0.2, 0) is 11.3 Å². The number of hydrogen-bond donors (Lipinski definition) is 2. The Bertz CT molecular complexity index is 768. The number of quaternary nitrogens is 1. The lowest BCUT2D eigenvalue weighted by atomic mass is 10.0. The van der Waals surface area contributed by atoms with Gasteiger partial charge in [-0.3, -0.25) is 9.59 Å². The van der Waals surface area contributed by atoms with E-state index in [2.05, 4.69) is 12.4 Å². The van der Waals surface area contributed by atoms with Crippen molar-refractivity contribution >= 4 is 11.8 Å². The van der Waals surface area contributed by atoms with Crippen LogP contribution in [0.15, 0.2) is 54.6 Å². The Labute approximate surface area is 161 Å². The molecule has 1 saturated heterocycles. The monoisotopic (exact) mass is 366 g/mol. The predicted octanol–water partition coefficient (Wildman–Crippen LogP) is 1.42. The molecule has 27 heavy (non-hydrogen) atoms. The van der Waals surface area contributed by atoms with E-state index >= 15 is 0 Å². The molecule has 0 saturated carbocycles. The average Bonchev–Trinajstić information content (AvgIpc) is 3.24. The Balaban J connectivity index is 1.79. The summed E-state index contributed by atoms with van der Waals surface area (Å²) in [6, 6.07) is 17.4. The molecule has 2 aromatic rings. The summed E-state index contributed by atoms with van der Waals surface area (Å²) in [6.07, 6.45) is 2.18. The van der Waals surface area contributed by atoms with Gasteiger partial charge in [0.25, 0.3) is 11.8 Å². The van der Waals surface area contributed by atoms with Crippen molar-refractivity contribution in [2.24, 2.45) is 0 Å². The van der Waals surface area contributed by atoms with Gasteiger partial charge in [-0.15, -0.1) is 0 Å². The van der Waals surface area contributed by atoms with Gasteiger partial charge in [-0.25, -0.2) is 0 Å². The quantitative estimate of drug-likeness (QED) is 0.813. The lowest BCUT2D eigenvalue weighted by molar-refractivity contribution is -0.916. The molecule has 0 spiro atoms. The van der Waals surface area contributed by atoms with Crippen molar-refractivity contribution in [3.05, 3.63) is 71.3 Å². The molecule has 0 aromatic heterocycles. The highest BCUT2D eigenvalue weighted by Crippen LogP contribution is 2.17.